The van der Waals surface area contributed by atoms with Gasteiger partial charge in [0.05, 0.1) is 0 Å². The Morgan fingerprint density at radius 2 is 1.80 bits per heavy atom. The second-order valence-corrected chi connectivity index (χ2v) is 4.05. The Labute approximate surface area is 88.5 Å². The lowest BCUT2D eigenvalue weighted by atomic mass is 9.91. The Morgan fingerprint density at radius 1 is 1.20 bits per heavy atom. The topological polar surface area (TPSA) is 52.3 Å². The lowest BCUT2D eigenvalue weighted by Gasteiger charge is -2.21. The summed E-state index contributed by atoms with van der Waals surface area (Å²) >= 11 is 0. The quantitative estimate of drug-likeness (QED) is 0.707. The van der Waals surface area contributed by atoms with Crippen molar-refractivity contribution in [2.24, 2.45) is 5.73 Å². The van der Waals surface area contributed by atoms with Crippen LogP contribution in [0.4, 0.5) is 0 Å². The van der Waals surface area contributed by atoms with E-state index in [0.717, 1.165) is 11.1 Å². The third-order valence-electron chi connectivity index (χ3n) is 2.50. The third kappa shape index (κ3) is 1.50. The van der Waals surface area contributed by atoms with Crippen molar-refractivity contribution in [3.8, 4) is 0 Å². The fourth-order valence-electron chi connectivity index (χ4n) is 1.87. The maximum atomic E-state index is 11.4. The number of ether oxygens (including phenoxy) is 1. The summed E-state index contributed by atoms with van der Waals surface area (Å²) in [5.41, 5.74) is 7.02. The van der Waals surface area contributed by atoms with Gasteiger partial charge in [-0.15, -0.1) is 0 Å². The van der Waals surface area contributed by atoms with Gasteiger partial charge in [-0.3, -0.25) is 0 Å². The van der Waals surface area contributed by atoms with E-state index in [1.54, 1.807) is 0 Å². The summed E-state index contributed by atoms with van der Waals surface area (Å²) in [5, 5.41) is 0. The summed E-state index contributed by atoms with van der Waals surface area (Å²) in [6, 6.07) is 9.59. The van der Waals surface area contributed by atoms with Crippen LogP contribution in [0.15, 0.2) is 36.0 Å². The van der Waals surface area contributed by atoms with E-state index in [-0.39, 0.29) is 5.70 Å². The number of esters is 1. The first-order valence-corrected chi connectivity index (χ1v) is 4.81. The number of hydrogen-bond acceptors (Lipinski definition) is 3. The first-order valence-electron chi connectivity index (χ1n) is 4.81. The highest BCUT2D eigenvalue weighted by Gasteiger charge is 2.39. The molecule has 0 aromatic heterocycles. The minimum absolute atomic E-state index is 0.214. The van der Waals surface area contributed by atoms with E-state index in [0.29, 0.717) is 0 Å². The molecule has 0 amide bonds. The summed E-state index contributed by atoms with van der Waals surface area (Å²) in [6.07, 6.45) is 0. The van der Waals surface area contributed by atoms with Gasteiger partial charge in [-0.2, -0.15) is 0 Å². The molecule has 0 bridgehead atoms. The van der Waals surface area contributed by atoms with Crippen molar-refractivity contribution >= 4 is 11.5 Å². The first-order chi connectivity index (χ1) is 7.02. The Bertz CT molecular complexity index is 432. The summed E-state index contributed by atoms with van der Waals surface area (Å²) < 4.78 is 5.19. The van der Waals surface area contributed by atoms with Crippen LogP contribution >= 0.6 is 0 Å². The van der Waals surface area contributed by atoms with Crippen molar-refractivity contribution in [1.82, 2.24) is 0 Å². The van der Waals surface area contributed by atoms with E-state index in [1.165, 1.54) is 0 Å². The molecular formula is C12H13NO2. The summed E-state index contributed by atoms with van der Waals surface area (Å²) in [6.45, 7) is 3.68. The zero-order chi connectivity index (χ0) is 11.1. The van der Waals surface area contributed by atoms with Gasteiger partial charge in [-0.1, -0.05) is 30.3 Å². The molecule has 0 unspecified atom stereocenters. The van der Waals surface area contributed by atoms with Crippen LogP contribution in [-0.2, 0) is 9.53 Å². The van der Waals surface area contributed by atoms with Gasteiger partial charge in [0.1, 0.15) is 11.3 Å². The van der Waals surface area contributed by atoms with E-state index in [1.807, 2.05) is 44.2 Å². The average Bonchev–Trinajstić information content (AvgIpc) is 2.37. The third-order valence-corrected chi connectivity index (χ3v) is 2.50. The molecule has 0 saturated carbocycles. The molecule has 2 N–H and O–H groups in total. The van der Waals surface area contributed by atoms with E-state index in [9.17, 15) is 4.79 Å². The smallest absolute Gasteiger partial charge is 0.355 e. The van der Waals surface area contributed by atoms with Gasteiger partial charge in [0.2, 0.25) is 0 Å². The lowest BCUT2D eigenvalue weighted by molar-refractivity contribution is -0.143. The number of nitrogens with two attached hydrogens (primary N) is 1. The van der Waals surface area contributed by atoms with Crippen LogP contribution in [0.25, 0.3) is 5.57 Å². The normalized spacial score (nSPS) is 19.2. The molecule has 2 rings (SSSR count). The SMILES string of the molecule is CC1(C)OC(=O)C(N)=C1c1ccccc1. The number of rotatable bonds is 1. The molecule has 1 aliphatic heterocycles. The zero-order valence-electron chi connectivity index (χ0n) is 8.78. The molecule has 1 aromatic carbocycles. The zero-order valence-corrected chi connectivity index (χ0v) is 8.78. The van der Waals surface area contributed by atoms with Gasteiger partial charge in [0, 0.05) is 5.57 Å². The molecule has 0 spiro atoms. The van der Waals surface area contributed by atoms with Crippen LogP contribution in [0.5, 0.6) is 0 Å². The van der Waals surface area contributed by atoms with Crippen molar-refractivity contribution in [1.29, 1.82) is 0 Å². The molecule has 0 atom stereocenters. The Hall–Kier alpha value is -1.77. The van der Waals surface area contributed by atoms with E-state index in [2.05, 4.69) is 0 Å². The fraction of sp³-hybridized carbons (Fsp3) is 0.250. The largest absolute Gasteiger partial charge is 0.450 e. The van der Waals surface area contributed by atoms with Gasteiger partial charge < -0.3 is 10.5 Å². The van der Waals surface area contributed by atoms with Crippen LogP contribution < -0.4 is 5.73 Å². The highest BCUT2D eigenvalue weighted by atomic mass is 16.6. The van der Waals surface area contributed by atoms with E-state index >= 15 is 0 Å². The van der Waals surface area contributed by atoms with Crippen LogP contribution in [-0.4, -0.2) is 11.6 Å². The maximum absolute atomic E-state index is 11.4. The van der Waals surface area contributed by atoms with Crippen LogP contribution in [0, 0.1) is 0 Å². The van der Waals surface area contributed by atoms with Crippen molar-refractivity contribution < 1.29 is 9.53 Å². The summed E-state index contributed by atoms with van der Waals surface area (Å²) in [4.78, 5) is 11.4. The number of carbonyl (C=O) groups excluding carboxylic acids is 1. The molecule has 15 heavy (non-hydrogen) atoms. The van der Waals surface area contributed by atoms with Gasteiger partial charge in [0.15, 0.2) is 0 Å². The molecule has 1 aromatic rings. The second-order valence-electron chi connectivity index (χ2n) is 4.05. The number of cyclic esters (lactones) is 1. The number of benzene rings is 1. The van der Waals surface area contributed by atoms with Gasteiger partial charge in [-0.05, 0) is 19.4 Å². The molecule has 1 heterocycles. The van der Waals surface area contributed by atoms with E-state index < -0.39 is 11.6 Å². The summed E-state index contributed by atoms with van der Waals surface area (Å²) in [7, 11) is 0. The molecule has 0 aliphatic carbocycles. The predicted octanol–water partition coefficient (Wildman–Crippen LogP) is 1.69. The highest BCUT2D eigenvalue weighted by molar-refractivity contribution is 6.03. The minimum atomic E-state index is -0.636. The molecular weight excluding hydrogens is 190 g/mol. The van der Waals surface area contributed by atoms with Crippen LogP contribution in [0.2, 0.25) is 0 Å². The molecule has 0 radical (unpaired) electrons. The fourth-order valence-corrected chi connectivity index (χ4v) is 1.87. The van der Waals surface area contributed by atoms with Crippen LogP contribution in [0.3, 0.4) is 0 Å². The minimum Gasteiger partial charge on any atom is -0.450 e. The van der Waals surface area contributed by atoms with Crippen LogP contribution in [0.1, 0.15) is 19.4 Å². The van der Waals surface area contributed by atoms with Gasteiger partial charge in [0.25, 0.3) is 0 Å². The Balaban J connectivity index is 2.57. The number of carbonyl (C=O) groups is 1. The van der Waals surface area contributed by atoms with Crippen molar-refractivity contribution in [2.45, 2.75) is 19.4 Å². The first kappa shape index (κ1) is 9.77. The van der Waals surface area contributed by atoms with Gasteiger partial charge in [-0.25, -0.2) is 4.79 Å². The van der Waals surface area contributed by atoms with E-state index in [4.69, 9.17) is 10.5 Å². The molecule has 0 fully saturated rings. The number of hydrogen-bond donors (Lipinski definition) is 1. The van der Waals surface area contributed by atoms with Gasteiger partial charge >= 0.3 is 5.97 Å². The molecule has 78 valence electrons. The molecule has 3 nitrogen and oxygen atoms in total. The second kappa shape index (κ2) is 3.12. The van der Waals surface area contributed by atoms with Crippen molar-refractivity contribution in [3.63, 3.8) is 0 Å². The predicted molar refractivity (Wildman–Crippen MR) is 57.7 cm³/mol. The van der Waals surface area contributed by atoms with Crippen molar-refractivity contribution in [2.75, 3.05) is 0 Å². The van der Waals surface area contributed by atoms with Crippen molar-refractivity contribution in [3.05, 3.63) is 41.6 Å². The molecule has 1 aliphatic rings. The molecule has 0 saturated heterocycles. The average molecular weight is 203 g/mol. The highest BCUT2D eigenvalue weighted by Crippen LogP contribution is 2.37. The standard InChI is InChI=1S/C12H13NO2/c1-12(2)9(10(13)11(14)15-12)8-6-4-3-5-7-8/h3-7H,13H2,1-2H3. The Morgan fingerprint density at radius 3 is 2.27 bits per heavy atom. The Kier molecular flexibility index (Phi) is 2.03. The lowest BCUT2D eigenvalue weighted by Crippen LogP contribution is -2.22. The maximum Gasteiger partial charge on any atom is 0.355 e. The summed E-state index contributed by atoms with van der Waals surface area (Å²) in [5.74, 6) is -0.432. The molecule has 3 heteroatoms. The monoisotopic (exact) mass is 203 g/mol.